The number of carbonyl (C=O) groups is 3. The van der Waals surface area contributed by atoms with Crippen molar-refractivity contribution in [3.05, 3.63) is 65.8 Å². The van der Waals surface area contributed by atoms with E-state index in [0.717, 1.165) is 0 Å². The zero-order valence-corrected chi connectivity index (χ0v) is 12.3. The van der Waals surface area contributed by atoms with Crippen molar-refractivity contribution in [3.8, 4) is 0 Å². The average molecular weight is 314 g/mol. The van der Waals surface area contributed by atoms with E-state index < -0.39 is 11.9 Å². The molecule has 0 bridgehead atoms. The largest absolute Gasteiger partial charge is 0.477 e. The molecule has 118 valence electrons. The molecule has 0 atom stereocenters. The Morgan fingerprint density at radius 3 is 2.17 bits per heavy atom. The number of hydrogen-bond donors (Lipinski definition) is 1. The van der Waals surface area contributed by atoms with Crippen molar-refractivity contribution in [2.45, 2.75) is 0 Å². The third kappa shape index (κ3) is 5.50. The van der Waals surface area contributed by atoms with E-state index in [-0.39, 0.29) is 11.4 Å². The van der Waals surface area contributed by atoms with Crippen LogP contribution >= 0.6 is 0 Å². The van der Waals surface area contributed by atoms with Crippen LogP contribution in [0.5, 0.6) is 0 Å². The number of aromatic carboxylic acids is 1. The average Bonchev–Trinajstić information content (AvgIpc) is 2.61. The number of esters is 1. The van der Waals surface area contributed by atoms with Gasteiger partial charge in [0.15, 0.2) is 6.29 Å². The highest BCUT2D eigenvalue weighted by atomic mass is 16.5. The van der Waals surface area contributed by atoms with Crippen molar-refractivity contribution in [1.29, 1.82) is 0 Å². The molecule has 0 fully saturated rings. The Morgan fingerprint density at radius 2 is 1.65 bits per heavy atom. The minimum absolute atomic E-state index is 0.116. The van der Waals surface area contributed by atoms with Crippen molar-refractivity contribution in [3.63, 3.8) is 0 Å². The monoisotopic (exact) mass is 314 g/mol. The zero-order valence-electron chi connectivity index (χ0n) is 12.3. The molecule has 0 aliphatic rings. The Morgan fingerprint density at radius 1 is 1.09 bits per heavy atom. The van der Waals surface area contributed by atoms with Gasteiger partial charge in [-0.1, -0.05) is 18.7 Å². The lowest BCUT2D eigenvalue weighted by atomic mass is 10.3. The molecule has 0 aliphatic heterocycles. The van der Waals surface area contributed by atoms with E-state index in [1.807, 2.05) is 0 Å². The maximum absolute atomic E-state index is 11.0. The number of carboxylic acids is 1. The van der Waals surface area contributed by atoms with Crippen molar-refractivity contribution < 1.29 is 24.2 Å². The zero-order chi connectivity index (χ0) is 17.2. The molecule has 2 rings (SSSR count). The number of pyridine rings is 2. The van der Waals surface area contributed by atoms with E-state index in [4.69, 9.17) is 5.11 Å². The summed E-state index contributed by atoms with van der Waals surface area (Å²) in [5.41, 5.74) is 0.979. The Kier molecular flexibility index (Phi) is 6.80. The second-order valence-corrected chi connectivity index (χ2v) is 4.01. The molecule has 0 radical (unpaired) electrons. The fourth-order valence-electron chi connectivity index (χ4n) is 1.42. The Bertz CT molecular complexity index is 728. The summed E-state index contributed by atoms with van der Waals surface area (Å²) < 4.78 is 4.50. The van der Waals surface area contributed by atoms with Gasteiger partial charge in [0.2, 0.25) is 0 Å². The lowest BCUT2D eigenvalue weighted by Crippen LogP contribution is -2.04. The molecular formula is C16H14N2O5. The van der Waals surface area contributed by atoms with E-state index in [0.29, 0.717) is 17.7 Å². The molecule has 0 amide bonds. The number of aromatic nitrogens is 2. The smallest absolute Gasteiger partial charge is 0.356 e. The second-order valence-electron chi connectivity index (χ2n) is 4.01. The summed E-state index contributed by atoms with van der Waals surface area (Å²) in [6, 6.07) is 9.34. The summed E-state index contributed by atoms with van der Waals surface area (Å²) in [6.45, 7) is 3.54. The number of hydrogen-bond acceptors (Lipinski definition) is 6. The van der Waals surface area contributed by atoms with Crippen LogP contribution in [0.4, 0.5) is 0 Å². The summed E-state index contributed by atoms with van der Waals surface area (Å²) in [7, 11) is 1.32. The van der Waals surface area contributed by atoms with E-state index in [1.165, 1.54) is 25.3 Å². The standard InChI is InChI=1S/C9H9NO2.C7H5NO3/c1-3-7-5-4-6-8(10-7)9(11)12-2;9-4-5-2-1-3-6(8-5)7(10)11/h3-6H,1H2,2H3;1-4H,(H,10,11). The topological polar surface area (TPSA) is 106 Å². The fourth-order valence-corrected chi connectivity index (χ4v) is 1.42. The maximum atomic E-state index is 11.0. The number of rotatable bonds is 4. The summed E-state index contributed by atoms with van der Waals surface area (Å²) >= 11 is 0. The molecule has 0 saturated carbocycles. The van der Waals surface area contributed by atoms with Gasteiger partial charge in [-0.2, -0.15) is 0 Å². The van der Waals surface area contributed by atoms with Crippen LogP contribution in [0.3, 0.4) is 0 Å². The minimum Gasteiger partial charge on any atom is -0.477 e. The lowest BCUT2D eigenvalue weighted by molar-refractivity contribution is 0.0593. The van der Waals surface area contributed by atoms with Gasteiger partial charge in [-0.3, -0.25) is 4.79 Å². The minimum atomic E-state index is -1.13. The third-order valence-electron chi connectivity index (χ3n) is 2.48. The number of carbonyl (C=O) groups excluding carboxylic acids is 2. The molecule has 0 aliphatic carbocycles. The SMILES string of the molecule is C=Cc1cccc(C(=O)OC)n1.O=Cc1cccc(C(=O)O)n1. The molecule has 0 aromatic carbocycles. The number of carboxylic acid groups (broad SMARTS) is 1. The molecular weight excluding hydrogens is 300 g/mol. The van der Waals surface area contributed by atoms with E-state index in [1.54, 1.807) is 24.3 Å². The van der Waals surface area contributed by atoms with Crippen LogP contribution in [-0.4, -0.2) is 40.4 Å². The quantitative estimate of drug-likeness (QED) is 0.680. The number of aldehydes is 1. The van der Waals surface area contributed by atoms with Crippen molar-refractivity contribution >= 4 is 24.3 Å². The van der Waals surface area contributed by atoms with Gasteiger partial charge in [0.1, 0.15) is 17.1 Å². The lowest BCUT2D eigenvalue weighted by Gasteiger charge is -1.98. The molecule has 1 N–H and O–H groups in total. The van der Waals surface area contributed by atoms with Crippen LogP contribution in [-0.2, 0) is 4.74 Å². The third-order valence-corrected chi connectivity index (χ3v) is 2.48. The Labute approximate surface area is 132 Å². The van der Waals surface area contributed by atoms with Crippen LogP contribution in [0.15, 0.2) is 43.0 Å². The van der Waals surface area contributed by atoms with Crippen molar-refractivity contribution in [1.82, 2.24) is 9.97 Å². The highest BCUT2D eigenvalue weighted by molar-refractivity contribution is 5.87. The first kappa shape index (κ1) is 17.7. The molecule has 7 nitrogen and oxygen atoms in total. The van der Waals surface area contributed by atoms with E-state index in [2.05, 4.69) is 21.3 Å². The van der Waals surface area contributed by atoms with Crippen molar-refractivity contribution in [2.24, 2.45) is 0 Å². The van der Waals surface area contributed by atoms with Crippen LogP contribution < -0.4 is 0 Å². The molecule has 2 aromatic rings. The predicted molar refractivity (Wildman–Crippen MR) is 82.3 cm³/mol. The summed E-state index contributed by atoms with van der Waals surface area (Å²) in [5.74, 6) is -1.56. The van der Waals surface area contributed by atoms with E-state index >= 15 is 0 Å². The molecule has 2 aromatic heterocycles. The molecule has 2 heterocycles. The normalized spacial score (nSPS) is 9.09. The van der Waals surface area contributed by atoms with Gasteiger partial charge in [0.25, 0.3) is 0 Å². The first-order valence-corrected chi connectivity index (χ1v) is 6.35. The summed E-state index contributed by atoms with van der Waals surface area (Å²) in [4.78, 5) is 38.9. The van der Waals surface area contributed by atoms with Crippen molar-refractivity contribution in [2.75, 3.05) is 7.11 Å². The molecule has 0 unspecified atom stereocenters. The van der Waals surface area contributed by atoms with E-state index in [9.17, 15) is 14.4 Å². The highest BCUT2D eigenvalue weighted by Gasteiger charge is 2.05. The molecule has 0 saturated heterocycles. The van der Waals surface area contributed by atoms with Crippen LogP contribution in [0.2, 0.25) is 0 Å². The van der Waals surface area contributed by atoms with Gasteiger partial charge in [-0.15, -0.1) is 0 Å². The Balaban J connectivity index is 0.000000231. The Hall–Kier alpha value is -3.35. The second kappa shape index (κ2) is 8.83. The summed E-state index contributed by atoms with van der Waals surface area (Å²) in [6.07, 6.45) is 2.08. The predicted octanol–water partition coefficient (Wildman–Crippen LogP) is 2.10. The number of nitrogens with zero attached hydrogens (tertiary/aromatic N) is 2. The highest BCUT2D eigenvalue weighted by Crippen LogP contribution is 2.01. The van der Waals surface area contributed by atoms with Gasteiger partial charge < -0.3 is 9.84 Å². The van der Waals surface area contributed by atoms with Crippen LogP contribution in [0.1, 0.15) is 37.2 Å². The van der Waals surface area contributed by atoms with Gasteiger partial charge in [0, 0.05) is 0 Å². The number of ether oxygens (including phenoxy) is 1. The van der Waals surface area contributed by atoms with Gasteiger partial charge in [-0.25, -0.2) is 19.6 Å². The first-order chi connectivity index (χ1) is 11.0. The maximum Gasteiger partial charge on any atom is 0.356 e. The molecule has 0 spiro atoms. The first-order valence-electron chi connectivity index (χ1n) is 6.35. The fraction of sp³-hybridized carbons (Fsp3) is 0.0625. The summed E-state index contributed by atoms with van der Waals surface area (Å²) in [5, 5.41) is 8.43. The number of methoxy groups -OCH3 is 1. The molecule has 23 heavy (non-hydrogen) atoms. The molecule has 7 heteroatoms. The van der Waals surface area contributed by atoms with Gasteiger partial charge >= 0.3 is 11.9 Å². The van der Waals surface area contributed by atoms with Crippen LogP contribution in [0, 0.1) is 0 Å². The van der Waals surface area contributed by atoms with Crippen LogP contribution in [0.25, 0.3) is 6.08 Å². The van der Waals surface area contributed by atoms with Gasteiger partial charge in [-0.05, 0) is 30.3 Å². The van der Waals surface area contributed by atoms with Gasteiger partial charge in [0.05, 0.1) is 12.8 Å².